The molecular formula is C17H20N4S. The number of aromatic nitrogens is 2. The Morgan fingerprint density at radius 2 is 1.86 bits per heavy atom. The lowest BCUT2D eigenvalue weighted by atomic mass is 10.1. The lowest BCUT2D eigenvalue weighted by Gasteiger charge is -2.10. The van der Waals surface area contributed by atoms with Gasteiger partial charge in [-0.2, -0.15) is 0 Å². The van der Waals surface area contributed by atoms with E-state index in [1.54, 1.807) is 12.3 Å². The number of rotatable bonds is 4. The van der Waals surface area contributed by atoms with E-state index in [4.69, 9.17) is 12.2 Å². The van der Waals surface area contributed by atoms with Gasteiger partial charge in [0.2, 0.25) is 5.95 Å². The maximum Gasteiger partial charge on any atom is 0.227 e. The highest BCUT2D eigenvalue weighted by atomic mass is 32.1. The van der Waals surface area contributed by atoms with Gasteiger partial charge in [-0.15, -0.1) is 0 Å². The fourth-order valence-corrected chi connectivity index (χ4v) is 2.31. The third-order valence-corrected chi connectivity index (χ3v) is 3.42. The molecule has 2 N–H and O–H groups in total. The van der Waals surface area contributed by atoms with Crippen LogP contribution in [0.15, 0.2) is 42.2 Å². The van der Waals surface area contributed by atoms with Crippen molar-refractivity contribution in [3.8, 4) is 0 Å². The Hall–Kier alpha value is -2.27. The zero-order valence-electron chi connectivity index (χ0n) is 13.3. The third kappa shape index (κ3) is 4.36. The Bertz CT molecular complexity index is 702. The van der Waals surface area contributed by atoms with Gasteiger partial charge in [-0.1, -0.05) is 24.4 Å². The van der Waals surface area contributed by atoms with Gasteiger partial charge in [0.1, 0.15) is 10.7 Å². The quantitative estimate of drug-likeness (QED) is 0.835. The molecule has 0 aliphatic heterocycles. The summed E-state index contributed by atoms with van der Waals surface area (Å²) in [7, 11) is 0. The summed E-state index contributed by atoms with van der Waals surface area (Å²) in [4.78, 5) is 9.30. The molecule has 0 aliphatic carbocycles. The summed E-state index contributed by atoms with van der Waals surface area (Å²) in [5.41, 5.74) is 5.04. The summed E-state index contributed by atoms with van der Waals surface area (Å²) in [6.45, 7) is 8.04. The van der Waals surface area contributed by atoms with Crippen molar-refractivity contribution in [1.29, 1.82) is 0 Å². The second kappa shape index (κ2) is 7.13. The van der Waals surface area contributed by atoms with Crippen LogP contribution in [0.4, 0.5) is 11.6 Å². The molecule has 0 atom stereocenters. The van der Waals surface area contributed by atoms with Crippen molar-refractivity contribution >= 4 is 28.8 Å². The zero-order chi connectivity index (χ0) is 16.1. The Morgan fingerprint density at radius 1 is 1.18 bits per heavy atom. The van der Waals surface area contributed by atoms with Gasteiger partial charge in [-0.25, -0.2) is 9.97 Å². The molecule has 1 heterocycles. The summed E-state index contributed by atoms with van der Waals surface area (Å²) < 4.78 is 0. The van der Waals surface area contributed by atoms with Crippen molar-refractivity contribution in [1.82, 2.24) is 15.3 Å². The van der Waals surface area contributed by atoms with E-state index in [0.717, 1.165) is 11.4 Å². The van der Waals surface area contributed by atoms with Crippen molar-refractivity contribution < 1.29 is 0 Å². The molecule has 0 unspecified atom stereocenters. The minimum atomic E-state index is 0.532. The molecule has 0 aliphatic rings. The molecule has 0 spiro atoms. The van der Waals surface area contributed by atoms with Gasteiger partial charge in [0, 0.05) is 17.6 Å². The highest BCUT2D eigenvalue weighted by Crippen LogP contribution is 2.17. The maximum atomic E-state index is 5.36. The first-order valence-electron chi connectivity index (χ1n) is 7.10. The largest absolute Gasteiger partial charge is 0.349 e. The van der Waals surface area contributed by atoms with E-state index in [2.05, 4.69) is 52.6 Å². The van der Waals surface area contributed by atoms with Gasteiger partial charge < -0.3 is 10.6 Å². The standard InChI is InChI=1S/C17H20N4S/c1-5-13(4)19-16(22)15-6-7-18-17(21-15)20-14-9-11(2)8-12(3)10-14/h5-10H,1-4H3,(H,19,22)(H,18,20,21)/b13-5+. The molecule has 114 valence electrons. The number of nitrogens with zero attached hydrogens (tertiary/aromatic N) is 2. The first-order chi connectivity index (χ1) is 10.5. The summed E-state index contributed by atoms with van der Waals surface area (Å²) in [5, 5.41) is 6.35. The first-order valence-corrected chi connectivity index (χ1v) is 7.51. The Kier molecular flexibility index (Phi) is 5.22. The molecule has 1 aromatic heterocycles. The Labute approximate surface area is 136 Å². The van der Waals surface area contributed by atoms with Gasteiger partial charge in [0.25, 0.3) is 0 Å². The SMILES string of the molecule is C/C=C(\C)NC(=S)c1ccnc(Nc2cc(C)cc(C)c2)n1. The fraction of sp³-hybridized carbons (Fsp3) is 0.235. The van der Waals surface area contributed by atoms with Crippen molar-refractivity contribution in [3.63, 3.8) is 0 Å². The molecule has 0 saturated heterocycles. The number of benzene rings is 1. The van der Waals surface area contributed by atoms with Crippen LogP contribution in [0.3, 0.4) is 0 Å². The molecule has 22 heavy (non-hydrogen) atoms. The molecule has 0 saturated carbocycles. The predicted molar refractivity (Wildman–Crippen MR) is 95.5 cm³/mol. The van der Waals surface area contributed by atoms with E-state index in [0.29, 0.717) is 16.6 Å². The average molecular weight is 312 g/mol. The van der Waals surface area contributed by atoms with E-state index >= 15 is 0 Å². The number of anilines is 2. The fourth-order valence-electron chi connectivity index (χ4n) is 2.04. The molecule has 0 fully saturated rings. The molecule has 1 aromatic carbocycles. The van der Waals surface area contributed by atoms with Gasteiger partial charge in [-0.3, -0.25) is 0 Å². The van der Waals surface area contributed by atoms with Gasteiger partial charge >= 0.3 is 0 Å². The van der Waals surface area contributed by atoms with Gasteiger partial charge in [0.15, 0.2) is 0 Å². The van der Waals surface area contributed by atoms with E-state index in [9.17, 15) is 0 Å². The molecular weight excluding hydrogens is 292 g/mol. The second-order valence-corrected chi connectivity index (χ2v) is 5.60. The summed E-state index contributed by atoms with van der Waals surface area (Å²) in [6, 6.07) is 8.04. The third-order valence-electron chi connectivity index (χ3n) is 3.11. The van der Waals surface area contributed by atoms with Crippen LogP contribution in [-0.2, 0) is 0 Å². The molecule has 4 nitrogen and oxygen atoms in total. The van der Waals surface area contributed by atoms with Crippen molar-refractivity contribution in [2.24, 2.45) is 0 Å². The number of nitrogens with one attached hydrogen (secondary N) is 2. The van der Waals surface area contributed by atoms with E-state index in [-0.39, 0.29) is 0 Å². The van der Waals surface area contributed by atoms with Crippen LogP contribution >= 0.6 is 12.2 Å². The number of hydrogen-bond donors (Lipinski definition) is 2. The van der Waals surface area contributed by atoms with Crippen LogP contribution in [0.2, 0.25) is 0 Å². The van der Waals surface area contributed by atoms with Crippen LogP contribution in [-0.4, -0.2) is 15.0 Å². The second-order valence-electron chi connectivity index (χ2n) is 5.19. The lowest BCUT2D eigenvalue weighted by molar-refractivity contribution is 1.09. The smallest absolute Gasteiger partial charge is 0.227 e. The molecule has 2 rings (SSSR count). The van der Waals surface area contributed by atoms with Crippen LogP contribution in [0.5, 0.6) is 0 Å². The first kappa shape index (κ1) is 16.1. The van der Waals surface area contributed by atoms with E-state index in [1.165, 1.54) is 11.1 Å². The number of aryl methyl sites for hydroxylation is 2. The Morgan fingerprint density at radius 3 is 2.50 bits per heavy atom. The van der Waals surface area contributed by atoms with Crippen molar-refractivity contribution in [2.75, 3.05) is 5.32 Å². The van der Waals surface area contributed by atoms with E-state index in [1.807, 2.05) is 19.9 Å². The minimum absolute atomic E-state index is 0.532. The molecule has 2 aromatic rings. The number of thiocarbonyl (C=S) groups is 1. The Balaban J connectivity index is 2.19. The van der Waals surface area contributed by atoms with Gasteiger partial charge in [0.05, 0.1) is 0 Å². The zero-order valence-corrected chi connectivity index (χ0v) is 14.1. The van der Waals surface area contributed by atoms with E-state index < -0.39 is 0 Å². The normalized spacial score (nSPS) is 11.2. The highest BCUT2D eigenvalue weighted by molar-refractivity contribution is 7.80. The average Bonchev–Trinajstić information content (AvgIpc) is 2.46. The van der Waals surface area contributed by atoms with Crippen LogP contribution in [0.1, 0.15) is 30.7 Å². The predicted octanol–water partition coefficient (Wildman–Crippen LogP) is 4.03. The summed E-state index contributed by atoms with van der Waals surface area (Å²) in [6.07, 6.45) is 3.66. The maximum absolute atomic E-state index is 5.36. The summed E-state index contributed by atoms with van der Waals surface area (Å²) in [5.74, 6) is 0.532. The van der Waals surface area contributed by atoms with Crippen LogP contribution in [0.25, 0.3) is 0 Å². The lowest BCUT2D eigenvalue weighted by Crippen LogP contribution is -2.21. The molecule has 0 amide bonds. The molecule has 0 radical (unpaired) electrons. The number of allylic oxidation sites excluding steroid dienone is 2. The molecule has 0 bridgehead atoms. The van der Waals surface area contributed by atoms with Crippen molar-refractivity contribution in [2.45, 2.75) is 27.7 Å². The monoisotopic (exact) mass is 312 g/mol. The minimum Gasteiger partial charge on any atom is -0.349 e. The topological polar surface area (TPSA) is 49.8 Å². The molecule has 5 heteroatoms. The van der Waals surface area contributed by atoms with Crippen LogP contribution in [0, 0.1) is 13.8 Å². The highest BCUT2D eigenvalue weighted by Gasteiger charge is 2.06. The van der Waals surface area contributed by atoms with Crippen molar-refractivity contribution in [3.05, 3.63) is 59.1 Å². The van der Waals surface area contributed by atoms with Crippen LogP contribution < -0.4 is 10.6 Å². The summed E-state index contributed by atoms with van der Waals surface area (Å²) >= 11 is 5.36. The van der Waals surface area contributed by atoms with Gasteiger partial charge in [-0.05, 0) is 57.0 Å². The number of hydrogen-bond acceptors (Lipinski definition) is 4.